The zero-order valence-electron chi connectivity index (χ0n) is 23.0. The van der Waals surface area contributed by atoms with Gasteiger partial charge in [0.15, 0.2) is 0 Å². The van der Waals surface area contributed by atoms with Gasteiger partial charge < -0.3 is 19.4 Å². The maximum atomic E-state index is 13.8. The Kier molecular flexibility index (Phi) is 7.10. The van der Waals surface area contributed by atoms with Crippen LogP contribution in [0.15, 0.2) is 16.9 Å². The maximum absolute atomic E-state index is 13.8. The van der Waals surface area contributed by atoms with Gasteiger partial charge in [0.25, 0.3) is 5.56 Å². The van der Waals surface area contributed by atoms with Crippen molar-refractivity contribution in [2.24, 2.45) is 0 Å². The number of hydrogen-bond acceptors (Lipinski definition) is 6. The highest BCUT2D eigenvalue weighted by Gasteiger charge is 2.25. The van der Waals surface area contributed by atoms with Gasteiger partial charge in [-0.1, -0.05) is 0 Å². The van der Waals surface area contributed by atoms with Crippen molar-refractivity contribution in [3.63, 3.8) is 0 Å². The number of pyridine rings is 1. The summed E-state index contributed by atoms with van der Waals surface area (Å²) in [6.45, 7) is 13.3. The summed E-state index contributed by atoms with van der Waals surface area (Å²) >= 11 is 0. The van der Waals surface area contributed by atoms with Gasteiger partial charge >= 0.3 is 12.2 Å². The largest absolute Gasteiger partial charge is 0.444 e. The van der Waals surface area contributed by atoms with Crippen LogP contribution in [0.2, 0.25) is 0 Å². The van der Waals surface area contributed by atoms with Crippen LogP contribution in [-0.2, 0) is 28.9 Å². The highest BCUT2D eigenvalue weighted by Crippen LogP contribution is 2.31. The molecule has 200 valence electrons. The number of nitrogens with one attached hydrogen (secondary N) is 1. The summed E-state index contributed by atoms with van der Waals surface area (Å²) in [6.07, 6.45) is 3.65. The number of carbonyl (C=O) groups excluding carboxylic acids is 2. The number of hydrogen-bond donors (Lipinski definition) is 1. The Labute approximate surface area is 217 Å². The molecule has 1 aromatic carbocycles. The van der Waals surface area contributed by atoms with E-state index in [4.69, 9.17) is 9.47 Å². The number of aromatic nitrogens is 3. The number of carbonyl (C=O) groups is 2. The summed E-state index contributed by atoms with van der Waals surface area (Å²) < 4.78 is 13.8. The van der Waals surface area contributed by atoms with Crippen LogP contribution in [0, 0.1) is 6.92 Å². The van der Waals surface area contributed by atoms with Crippen molar-refractivity contribution in [3.8, 4) is 0 Å². The first-order valence-electron chi connectivity index (χ1n) is 13.0. The molecule has 1 aliphatic carbocycles. The quantitative estimate of drug-likeness (QED) is 0.482. The number of fused-ring (bicyclic) bond motifs is 4. The van der Waals surface area contributed by atoms with Gasteiger partial charge in [-0.05, 0) is 104 Å². The van der Waals surface area contributed by atoms with Gasteiger partial charge in [-0.3, -0.25) is 4.79 Å². The van der Waals surface area contributed by atoms with Crippen molar-refractivity contribution in [2.45, 2.75) is 98.3 Å². The predicted molar refractivity (Wildman–Crippen MR) is 143 cm³/mol. The SMILES string of the molecule is Cc1c2c(=O)n(CCCNC(=O)OC(C)(C)C)c3cc4c(cc3c2nn1C(=O)OC(C)(C)C)CCCC4. The van der Waals surface area contributed by atoms with E-state index in [0.29, 0.717) is 36.1 Å². The average Bonchev–Trinajstić information content (AvgIpc) is 3.13. The van der Waals surface area contributed by atoms with E-state index in [1.54, 1.807) is 32.3 Å². The molecule has 1 amide bonds. The summed E-state index contributed by atoms with van der Waals surface area (Å²) in [4.78, 5) is 38.8. The molecule has 0 saturated heterocycles. The van der Waals surface area contributed by atoms with Crippen molar-refractivity contribution in [3.05, 3.63) is 39.3 Å². The molecule has 0 atom stereocenters. The van der Waals surface area contributed by atoms with Crippen molar-refractivity contribution >= 4 is 34.0 Å². The van der Waals surface area contributed by atoms with Gasteiger partial charge in [0.2, 0.25) is 0 Å². The van der Waals surface area contributed by atoms with Crippen LogP contribution >= 0.6 is 0 Å². The third-order valence-electron chi connectivity index (χ3n) is 6.37. The number of ether oxygens (including phenoxy) is 2. The fraction of sp³-hybridized carbons (Fsp3) is 0.571. The summed E-state index contributed by atoms with van der Waals surface area (Å²) in [7, 11) is 0. The van der Waals surface area contributed by atoms with Gasteiger partial charge in [0, 0.05) is 18.5 Å². The van der Waals surface area contributed by atoms with Gasteiger partial charge in [0.05, 0.1) is 16.6 Å². The van der Waals surface area contributed by atoms with E-state index in [-0.39, 0.29) is 5.56 Å². The molecule has 9 nitrogen and oxygen atoms in total. The molecule has 3 aromatic rings. The van der Waals surface area contributed by atoms with Crippen LogP contribution < -0.4 is 10.9 Å². The predicted octanol–water partition coefficient (Wildman–Crippen LogP) is 5.24. The second kappa shape index (κ2) is 9.84. The standard InChI is InChI=1S/C28H38N4O5/c1-17-22-23(30-32(17)26(35)37-28(5,6)7)20-15-18-11-8-9-12-19(18)16-21(20)31(24(22)33)14-10-13-29-25(34)36-27(2,3)4/h15-16H,8-14H2,1-7H3,(H,29,34). The second-order valence-electron chi connectivity index (χ2n) is 11.8. The van der Waals surface area contributed by atoms with E-state index in [1.165, 1.54) is 15.8 Å². The molecule has 0 aliphatic heterocycles. The van der Waals surface area contributed by atoms with E-state index in [1.807, 2.05) is 20.8 Å². The molecule has 9 heteroatoms. The lowest BCUT2D eigenvalue weighted by Crippen LogP contribution is -2.33. The number of benzene rings is 1. The minimum atomic E-state index is -0.690. The van der Waals surface area contributed by atoms with Crippen LogP contribution in [0.5, 0.6) is 0 Å². The number of rotatable bonds is 4. The molecule has 0 fully saturated rings. The lowest BCUT2D eigenvalue weighted by Gasteiger charge is -2.20. The maximum Gasteiger partial charge on any atom is 0.435 e. The Bertz CT molecular complexity index is 1420. The molecule has 1 N–H and O–H groups in total. The molecular formula is C28H38N4O5. The summed E-state index contributed by atoms with van der Waals surface area (Å²) in [5, 5.41) is 8.61. The Morgan fingerprint density at radius 2 is 1.62 bits per heavy atom. The average molecular weight is 511 g/mol. The van der Waals surface area contributed by atoms with E-state index < -0.39 is 23.4 Å². The zero-order chi connectivity index (χ0) is 27.1. The zero-order valence-corrected chi connectivity index (χ0v) is 23.0. The van der Waals surface area contributed by atoms with Gasteiger partial charge in [-0.2, -0.15) is 9.78 Å². The van der Waals surface area contributed by atoms with Crippen LogP contribution in [-0.4, -0.2) is 44.3 Å². The third kappa shape index (κ3) is 5.81. The minimum Gasteiger partial charge on any atom is -0.444 e. The molecule has 1 aliphatic rings. The molecule has 0 unspecified atom stereocenters. The molecule has 2 heterocycles. The molecule has 0 bridgehead atoms. The number of alkyl carbamates (subject to hydrolysis) is 1. The lowest BCUT2D eigenvalue weighted by molar-refractivity contribution is 0.0506. The topological polar surface area (TPSA) is 104 Å². The van der Waals surface area contributed by atoms with E-state index >= 15 is 0 Å². The highest BCUT2D eigenvalue weighted by atomic mass is 16.6. The smallest absolute Gasteiger partial charge is 0.435 e. The lowest BCUT2D eigenvalue weighted by atomic mass is 9.90. The minimum absolute atomic E-state index is 0.206. The fourth-order valence-electron chi connectivity index (χ4n) is 4.82. The highest BCUT2D eigenvalue weighted by molar-refractivity contribution is 6.05. The second-order valence-corrected chi connectivity index (χ2v) is 11.8. The molecule has 0 radical (unpaired) electrons. The molecule has 2 aromatic heterocycles. The fourth-order valence-corrected chi connectivity index (χ4v) is 4.82. The van der Waals surface area contributed by atoms with Crippen molar-refractivity contribution in [1.82, 2.24) is 19.7 Å². The normalized spacial score (nSPS) is 14.0. The Hall–Kier alpha value is -3.36. The summed E-state index contributed by atoms with van der Waals surface area (Å²) in [6, 6.07) is 4.24. The van der Waals surface area contributed by atoms with Crippen LogP contribution in [0.1, 0.15) is 77.6 Å². The molecule has 37 heavy (non-hydrogen) atoms. The Balaban J connectivity index is 1.76. The number of aryl methyl sites for hydroxylation is 4. The van der Waals surface area contributed by atoms with Crippen LogP contribution in [0.3, 0.4) is 0 Å². The van der Waals surface area contributed by atoms with Crippen molar-refractivity contribution < 1.29 is 19.1 Å². The molecule has 0 saturated carbocycles. The molecule has 4 rings (SSSR count). The first-order chi connectivity index (χ1) is 17.2. The van der Waals surface area contributed by atoms with Crippen molar-refractivity contribution in [1.29, 1.82) is 0 Å². The summed E-state index contributed by atoms with van der Waals surface area (Å²) in [5.74, 6) is 0. The molecule has 0 spiro atoms. The van der Waals surface area contributed by atoms with Gasteiger partial charge in [0.1, 0.15) is 16.7 Å². The van der Waals surface area contributed by atoms with Crippen LogP contribution in [0.25, 0.3) is 21.8 Å². The number of nitrogens with zero attached hydrogens (tertiary/aromatic N) is 3. The Morgan fingerprint density at radius 1 is 1.00 bits per heavy atom. The first-order valence-corrected chi connectivity index (χ1v) is 13.0. The third-order valence-corrected chi connectivity index (χ3v) is 6.37. The van der Waals surface area contributed by atoms with Crippen molar-refractivity contribution in [2.75, 3.05) is 6.54 Å². The first kappa shape index (κ1) is 26.7. The number of amides is 1. The van der Waals surface area contributed by atoms with Gasteiger partial charge in [-0.15, -0.1) is 0 Å². The van der Waals surface area contributed by atoms with Crippen LogP contribution in [0.4, 0.5) is 9.59 Å². The van der Waals surface area contributed by atoms with E-state index in [0.717, 1.165) is 36.6 Å². The van der Waals surface area contributed by atoms with E-state index in [2.05, 4.69) is 22.5 Å². The Morgan fingerprint density at radius 3 is 2.24 bits per heavy atom. The van der Waals surface area contributed by atoms with Gasteiger partial charge in [-0.25, -0.2) is 9.59 Å². The molecular weight excluding hydrogens is 472 g/mol. The monoisotopic (exact) mass is 510 g/mol. The van der Waals surface area contributed by atoms with E-state index in [9.17, 15) is 14.4 Å². The summed E-state index contributed by atoms with van der Waals surface area (Å²) in [5.41, 5.74) is 2.81.